The number of nitrogens with one attached hydrogen (secondary N) is 1. The van der Waals surface area contributed by atoms with Gasteiger partial charge in [-0.2, -0.15) is 0 Å². The first-order valence-corrected chi connectivity index (χ1v) is 11.5. The predicted octanol–water partition coefficient (Wildman–Crippen LogP) is 6.74. The number of benzene rings is 1. The number of H-pyrrole nitrogens is 1. The van der Waals surface area contributed by atoms with Crippen molar-refractivity contribution in [2.45, 2.75) is 83.5 Å². The van der Waals surface area contributed by atoms with E-state index in [-0.39, 0.29) is 5.75 Å². The van der Waals surface area contributed by atoms with Crippen molar-refractivity contribution in [3.05, 3.63) is 29.5 Å². The molecule has 1 N–H and O–H groups in total. The average Bonchev–Trinajstić information content (AvgIpc) is 3.01. The molecule has 6 heteroatoms. The molecule has 1 aliphatic carbocycles. The number of aromatic nitrogens is 1. The zero-order valence-corrected chi connectivity index (χ0v) is 17.9. The molecule has 0 bridgehead atoms. The Morgan fingerprint density at radius 3 is 2.60 bits per heavy atom. The van der Waals surface area contributed by atoms with E-state index in [1.807, 2.05) is 6.92 Å². The Morgan fingerprint density at radius 1 is 1.07 bits per heavy atom. The van der Waals surface area contributed by atoms with E-state index in [4.69, 9.17) is 0 Å². The van der Waals surface area contributed by atoms with Crippen LogP contribution in [0.15, 0.2) is 18.2 Å². The van der Waals surface area contributed by atoms with Gasteiger partial charge in [0.15, 0.2) is 0 Å². The number of ether oxygens (including phenoxy) is 1. The SMILES string of the molecule is Cc1[nH]c2ccc(OC(F)(F)F)cc2c1CCN1CCCCC1CC1CCCCC1. The monoisotopic (exact) mass is 422 g/mol. The van der Waals surface area contributed by atoms with Crippen LogP contribution in [0.4, 0.5) is 13.2 Å². The van der Waals surface area contributed by atoms with Gasteiger partial charge in [0, 0.05) is 29.2 Å². The van der Waals surface area contributed by atoms with Crippen molar-refractivity contribution < 1.29 is 17.9 Å². The van der Waals surface area contributed by atoms with Crippen LogP contribution in [0.1, 0.15) is 69.0 Å². The summed E-state index contributed by atoms with van der Waals surface area (Å²) < 4.78 is 42.1. The van der Waals surface area contributed by atoms with Crippen molar-refractivity contribution in [2.24, 2.45) is 5.92 Å². The number of rotatable bonds is 6. The number of aryl methyl sites for hydroxylation is 1. The molecule has 1 aliphatic heterocycles. The lowest BCUT2D eigenvalue weighted by Gasteiger charge is -2.38. The van der Waals surface area contributed by atoms with Crippen LogP contribution in [0.5, 0.6) is 5.75 Å². The second kappa shape index (κ2) is 9.21. The molecule has 30 heavy (non-hydrogen) atoms. The van der Waals surface area contributed by atoms with E-state index in [0.29, 0.717) is 6.04 Å². The summed E-state index contributed by atoms with van der Waals surface area (Å²) in [5.41, 5.74) is 3.02. The number of hydrogen-bond donors (Lipinski definition) is 1. The number of hydrogen-bond acceptors (Lipinski definition) is 2. The molecule has 0 amide bonds. The fraction of sp³-hybridized carbons (Fsp3) is 0.667. The molecule has 3 nitrogen and oxygen atoms in total. The van der Waals surface area contributed by atoms with Gasteiger partial charge < -0.3 is 14.6 Å². The number of fused-ring (bicyclic) bond motifs is 1. The van der Waals surface area contributed by atoms with Crippen molar-refractivity contribution in [2.75, 3.05) is 13.1 Å². The second-order valence-electron chi connectivity index (χ2n) is 9.16. The smallest absolute Gasteiger partial charge is 0.406 e. The van der Waals surface area contributed by atoms with E-state index in [9.17, 15) is 13.2 Å². The Kier molecular flexibility index (Phi) is 6.61. The largest absolute Gasteiger partial charge is 0.573 e. The fourth-order valence-electron chi connectivity index (χ4n) is 5.57. The number of aromatic amines is 1. The lowest BCUT2D eigenvalue weighted by atomic mass is 9.82. The molecule has 1 saturated carbocycles. The molecule has 0 spiro atoms. The summed E-state index contributed by atoms with van der Waals surface area (Å²) in [7, 11) is 0. The highest BCUT2D eigenvalue weighted by atomic mass is 19.4. The molecular formula is C24H33F3N2O. The van der Waals surface area contributed by atoms with E-state index >= 15 is 0 Å². The molecule has 1 saturated heterocycles. The van der Waals surface area contributed by atoms with E-state index < -0.39 is 6.36 Å². The molecule has 1 atom stereocenters. The summed E-state index contributed by atoms with van der Waals surface area (Å²) in [6, 6.07) is 5.24. The molecule has 2 heterocycles. The lowest BCUT2D eigenvalue weighted by molar-refractivity contribution is -0.274. The second-order valence-corrected chi connectivity index (χ2v) is 9.16. The zero-order valence-electron chi connectivity index (χ0n) is 17.9. The van der Waals surface area contributed by atoms with E-state index in [0.717, 1.165) is 47.6 Å². The Morgan fingerprint density at radius 2 is 1.83 bits per heavy atom. The average molecular weight is 423 g/mol. The number of nitrogens with zero attached hydrogens (tertiary/aromatic N) is 1. The van der Waals surface area contributed by atoms with Gasteiger partial charge in [0.25, 0.3) is 0 Å². The summed E-state index contributed by atoms with van der Waals surface area (Å²) >= 11 is 0. The van der Waals surface area contributed by atoms with E-state index in [2.05, 4.69) is 14.6 Å². The van der Waals surface area contributed by atoms with Crippen LogP contribution in [-0.4, -0.2) is 35.4 Å². The zero-order chi connectivity index (χ0) is 21.1. The van der Waals surface area contributed by atoms with Crippen LogP contribution in [0.2, 0.25) is 0 Å². The maximum Gasteiger partial charge on any atom is 0.573 e. The van der Waals surface area contributed by atoms with Crippen LogP contribution in [-0.2, 0) is 6.42 Å². The van der Waals surface area contributed by atoms with Gasteiger partial charge in [-0.15, -0.1) is 13.2 Å². The number of alkyl halides is 3. The minimum Gasteiger partial charge on any atom is -0.406 e. The molecule has 1 aromatic carbocycles. The molecule has 2 aliphatic rings. The highest BCUT2D eigenvalue weighted by Crippen LogP contribution is 2.33. The van der Waals surface area contributed by atoms with E-state index in [1.54, 1.807) is 6.07 Å². The first-order valence-electron chi connectivity index (χ1n) is 11.5. The summed E-state index contributed by atoms with van der Waals surface area (Å²) in [5.74, 6) is 0.727. The minimum atomic E-state index is -4.67. The van der Waals surface area contributed by atoms with Gasteiger partial charge >= 0.3 is 6.36 Å². The van der Waals surface area contributed by atoms with Crippen molar-refractivity contribution in [3.63, 3.8) is 0 Å². The molecule has 0 radical (unpaired) electrons. The van der Waals surface area contributed by atoms with Crippen molar-refractivity contribution in [3.8, 4) is 5.75 Å². The summed E-state index contributed by atoms with van der Waals surface area (Å²) in [6.07, 6.45) is 8.27. The summed E-state index contributed by atoms with van der Waals surface area (Å²) in [6.45, 7) is 4.12. The molecule has 166 valence electrons. The highest BCUT2D eigenvalue weighted by molar-refractivity contribution is 5.86. The Bertz CT molecular complexity index is 839. The van der Waals surface area contributed by atoms with Crippen molar-refractivity contribution >= 4 is 10.9 Å². The Hall–Kier alpha value is -1.69. The molecule has 2 fully saturated rings. The molecule has 4 rings (SSSR count). The number of piperidine rings is 1. The predicted molar refractivity (Wildman–Crippen MR) is 114 cm³/mol. The van der Waals surface area contributed by atoms with Crippen molar-refractivity contribution in [1.82, 2.24) is 9.88 Å². The van der Waals surface area contributed by atoms with Gasteiger partial charge in [0.1, 0.15) is 5.75 Å². The van der Waals surface area contributed by atoms with Crippen LogP contribution < -0.4 is 4.74 Å². The quantitative estimate of drug-likeness (QED) is 0.558. The lowest BCUT2D eigenvalue weighted by Crippen LogP contribution is -2.42. The molecule has 1 aromatic heterocycles. The van der Waals surface area contributed by atoms with Gasteiger partial charge in [-0.3, -0.25) is 0 Å². The third kappa shape index (κ3) is 5.32. The first kappa shape index (κ1) is 21.5. The molecular weight excluding hydrogens is 389 g/mol. The standard InChI is InChI=1S/C24H33F3N2O/c1-17-21(22-16-20(30-24(25,26)27)10-11-23(22)28-17)12-14-29-13-6-5-9-19(29)15-18-7-3-2-4-8-18/h10-11,16,18-19,28H,2-9,12-15H2,1H3. The van der Waals surface area contributed by atoms with Gasteiger partial charge in [-0.05, 0) is 68.8 Å². The summed E-state index contributed by atoms with van der Waals surface area (Å²) in [5, 5.41) is 0.843. The van der Waals surface area contributed by atoms with Crippen LogP contribution in [0.3, 0.4) is 0 Å². The highest BCUT2D eigenvalue weighted by Gasteiger charge is 2.31. The summed E-state index contributed by atoms with van der Waals surface area (Å²) in [4.78, 5) is 5.97. The van der Waals surface area contributed by atoms with Crippen LogP contribution in [0, 0.1) is 12.8 Å². The van der Waals surface area contributed by atoms with Crippen LogP contribution >= 0.6 is 0 Å². The minimum absolute atomic E-state index is 0.150. The molecule has 2 aromatic rings. The maximum atomic E-state index is 12.6. The van der Waals surface area contributed by atoms with Gasteiger partial charge in [0.2, 0.25) is 0 Å². The van der Waals surface area contributed by atoms with E-state index in [1.165, 1.54) is 69.9 Å². The Labute approximate surface area is 177 Å². The normalized spacial score (nSPS) is 21.9. The van der Waals surface area contributed by atoms with Crippen molar-refractivity contribution in [1.29, 1.82) is 0 Å². The third-order valence-electron chi connectivity index (χ3n) is 7.05. The topological polar surface area (TPSA) is 28.3 Å². The van der Waals surface area contributed by atoms with Gasteiger partial charge in [-0.1, -0.05) is 38.5 Å². The third-order valence-corrected chi connectivity index (χ3v) is 7.05. The van der Waals surface area contributed by atoms with Gasteiger partial charge in [0.05, 0.1) is 0 Å². The van der Waals surface area contributed by atoms with Crippen LogP contribution in [0.25, 0.3) is 10.9 Å². The fourth-order valence-corrected chi connectivity index (χ4v) is 5.57. The number of likely N-dealkylation sites (tertiary alicyclic amines) is 1. The molecule has 1 unspecified atom stereocenters. The Balaban J connectivity index is 1.45. The number of halogens is 3. The maximum absolute atomic E-state index is 12.6. The first-order chi connectivity index (χ1) is 14.4. The van der Waals surface area contributed by atoms with Gasteiger partial charge in [-0.25, -0.2) is 0 Å².